The van der Waals surface area contributed by atoms with Gasteiger partial charge in [-0.25, -0.2) is 0 Å². The van der Waals surface area contributed by atoms with Crippen LogP contribution < -0.4 is 20.7 Å². The molecule has 1 aromatic heterocycles. The standard InChI is InChI=1S/C15H17N3OS.2ClH/c1-10-15(16)17-13-7-11(3-4-14(13)19-10)8-18(2)12-5-6-20-9-12;;/h3-7,9,17H,8,16H2,1-2H3;2*1H. The smallest absolute Gasteiger partial charge is 0.150 e. The summed E-state index contributed by atoms with van der Waals surface area (Å²) in [5, 5.41) is 7.40. The molecule has 7 heteroatoms. The van der Waals surface area contributed by atoms with Crippen molar-refractivity contribution >= 4 is 47.5 Å². The van der Waals surface area contributed by atoms with Crippen LogP contribution in [0.5, 0.6) is 5.75 Å². The maximum atomic E-state index is 5.86. The van der Waals surface area contributed by atoms with E-state index in [1.807, 2.05) is 13.0 Å². The summed E-state index contributed by atoms with van der Waals surface area (Å²) in [6.45, 7) is 2.69. The Morgan fingerprint density at radius 2 is 2.05 bits per heavy atom. The summed E-state index contributed by atoms with van der Waals surface area (Å²) in [5.41, 5.74) is 9.21. The van der Waals surface area contributed by atoms with Gasteiger partial charge in [-0.3, -0.25) is 0 Å². The second-order valence-electron chi connectivity index (χ2n) is 4.87. The molecule has 0 saturated heterocycles. The van der Waals surface area contributed by atoms with Crippen molar-refractivity contribution in [2.24, 2.45) is 5.73 Å². The Kier molecular flexibility index (Phi) is 6.41. The lowest BCUT2D eigenvalue weighted by atomic mass is 10.1. The summed E-state index contributed by atoms with van der Waals surface area (Å²) in [6, 6.07) is 8.26. The predicted molar refractivity (Wildman–Crippen MR) is 98.5 cm³/mol. The van der Waals surface area contributed by atoms with Gasteiger partial charge in [-0.15, -0.1) is 24.8 Å². The fourth-order valence-electron chi connectivity index (χ4n) is 2.15. The highest BCUT2D eigenvalue weighted by atomic mass is 35.5. The average molecular weight is 360 g/mol. The SMILES string of the molecule is CC1=C(N)Nc2cc(CN(C)c3ccsc3)ccc2O1.Cl.Cl. The topological polar surface area (TPSA) is 50.5 Å². The zero-order valence-corrected chi connectivity index (χ0v) is 14.8. The van der Waals surface area contributed by atoms with Crippen molar-refractivity contribution in [1.29, 1.82) is 0 Å². The molecule has 0 saturated carbocycles. The Morgan fingerprint density at radius 3 is 2.73 bits per heavy atom. The van der Waals surface area contributed by atoms with E-state index in [-0.39, 0.29) is 24.8 Å². The number of fused-ring (bicyclic) bond motifs is 1. The summed E-state index contributed by atoms with van der Waals surface area (Å²) in [7, 11) is 2.09. The van der Waals surface area contributed by atoms with Crippen LogP contribution in [0.25, 0.3) is 0 Å². The Hall–Kier alpha value is -1.56. The fraction of sp³-hybridized carbons (Fsp3) is 0.200. The molecule has 3 rings (SSSR count). The number of allylic oxidation sites excluding steroid dienone is 1. The monoisotopic (exact) mass is 359 g/mol. The van der Waals surface area contributed by atoms with E-state index in [1.54, 1.807) is 11.3 Å². The van der Waals surface area contributed by atoms with Crippen LogP contribution in [0.4, 0.5) is 11.4 Å². The molecule has 0 amide bonds. The summed E-state index contributed by atoms with van der Waals surface area (Å²) in [4.78, 5) is 2.21. The largest absolute Gasteiger partial charge is 0.456 e. The number of hydrogen-bond acceptors (Lipinski definition) is 5. The number of nitrogens with zero attached hydrogens (tertiary/aromatic N) is 1. The van der Waals surface area contributed by atoms with Gasteiger partial charge in [0.25, 0.3) is 0 Å². The van der Waals surface area contributed by atoms with Crippen LogP contribution in [0.2, 0.25) is 0 Å². The molecule has 3 N–H and O–H groups in total. The van der Waals surface area contributed by atoms with Crippen molar-refractivity contribution in [3.05, 3.63) is 52.2 Å². The summed E-state index contributed by atoms with van der Waals surface area (Å²) < 4.78 is 5.66. The first-order chi connectivity index (χ1) is 9.63. The van der Waals surface area contributed by atoms with Crippen molar-refractivity contribution in [3.63, 3.8) is 0 Å². The van der Waals surface area contributed by atoms with Gasteiger partial charge in [-0.05, 0) is 36.1 Å². The summed E-state index contributed by atoms with van der Waals surface area (Å²) >= 11 is 1.71. The minimum Gasteiger partial charge on any atom is -0.456 e. The van der Waals surface area contributed by atoms with Gasteiger partial charge in [-0.2, -0.15) is 11.3 Å². The van der Waals surface area contributed by atoms with E-state index in [0.717, 1.165) is 18.0 Å². The van der Waals surface area contributed by atoms with Crippen LogP contribution >= 0.6 is 36.2 Å². The molecular formula is C15H19Cl2N3OS. The number of benzene rings is 1. The quantitative estimate of drug-likeness (QED) is 0.862. The molecule has 22 heavy (non-hydrogen) atoms. The molecule has 0 atom stereocenters. The van der Waals surface area contributed by atoms with Gasteiger partial charge in [-0.1, -0.05) is 6.07 Å². The van der Waals surface area contributed by atoms with E-state index < -0.39 is 0 Å². The molecule has 4 nitrogen and oxygen atoms in total. The van der Waals surface area contributed by atoms with Gasteiger partial charge in [0.2, 0.25) is 0 Å². The molecule has 0 bridgehead atoms. The highest BCUT2D eigenvalue weighted by Gasteiger charge is 2.15. The number of hydrogen-bond donors (Lipinski definition) is 2. The van der Waals surface area contributed by atoms with E-state index in [2.05, 4.69) is 46.2 Å². The van der Waals surface area contributed by atoms with Crippen molar-refractivity contribution in [2.75, 3.05) is 17.3 Å². The second kappa shape index (κ2) is 7.63. The van der Waals surface area contributed by atoms with Crippen LogP contribution in [-0.2, 0) is 6.54 Å². The molecular weight excluding hydrogens is 341 g/mol. The third kappa shape index (κ3) is 3.80. The third-order valence-corrected chi connectivity index (χ3v) is 3.99. The zero-order valence-electron chi connectivity index (χ0n) is 12.3. The number of rotatable bonds is 3. The van der Waals surface area contributed by atoms with E-state index in [9.17, 15) is 0 Å². The van der Waals surface area contributed by atoms with Gasteiger partial charge in [0.15, 0.2) is 5.75 Å². The Labute approximate surface area is 146 Å². The number of nitrogens with one attached hydrogen (secondary N) is 1. The number of thiophene rings is 1. The highest BCUT2D eigenvalue weighted by molar-refractivity contribution is 7.08. The van der Waals surface area contributed by atoms with Crippen LogP contribution in [0, 0.1) is 0 Å². The summed E-state index contributed by atoms with van der Waals surface area (Å²) in [5.74, 6) is 2.10. The maximum Gasteiger partial charge on any atom is 0.150 e. The molecule has 0 spiro atoms. The van der Waals surface area contributed by atoms with Gasteiger partial charge in [0, 0.05) is 24.7 Å². The minimum absolute atomic E-state index is 0. The first-order valence-corrected chi connectivity index (χ1v) is 7.35. The Balaban J connectivity index is 0.00000121. The van der Waals surface area contributed by atoms with Gasteiger partial charge in [0.1, 0.15) is 11.6 Å². The first kappa shape index (κ1) is 18.5. The Morgan fingerprint density at radius 1 is 1.27 bits per heavy atom. The molecule has 0 radical (unpaired) electrons. The molecule has 0 fully saturated rings. The normalized spacial score (nSPS) is 12.3. The number of ether oxygens (including phenoxy) is 1. The van der Waals surface area contributed by atoms with Crippen molar-refractivity contribution in [3.8, 4) is 5.75 Å². The van der Waals surface area contributed by atoms with E-state index in [4.69, 9.17) is 10.5 Å². The number of halogens is 2. The molecule has 2 heterocycles. The van der Waals surface area contributed by atoms with E-state index >= 15 is 0 Å². The van der Waals surface area contributed by atoms with Gasteiger partial charge >= 0.3 is 0 Å². The minimum atomic E-state index is 0. The van der Waals surface area contributed by atoms with Gasteiger partial charge in [0.05, 0.1) is 5.69 Å². The number of nitrogens with two attached hydrogens (primary N) is 1. The molecule has 1 aromatic carbocycles. The lowest BCUT2D eigenvalue weighted by molar-refractivity contribution is 0.415. The molecule has 2 aromatic rings. The van der Waals surface area contributed by atoms with Crippen LogP contribution in [0.1, 0.15) is 12.5 Å². The van der Waals surface area contributed by atoms with E-state index in [1.165, 1.54) is 11.3 Å². The van der Waals surface area contributed by atoms with Crippen molar-refractivity contribution < 1.29 is 4.74 Å². The highest BCUT2D eigenvalue weighted by Crippen LogP contribution is 2.32. The van der Waals surface area contributed by atoms with Gasteiger partial charge < -0.3 is 20.7 Å². The molecule has 0 aliphatic carbocycles. The zero-order chi connectivity index (χ0) is 14.1. The van der Waals surface area contributed by atoms with Crippen LogP contribution in [0.3, 0.4) is 0 Å². The molecule has 1 aliphatic rings. The van der Waals surface area contributed by atoms with Crippen LogP contribution in [-0.4, -0.2) is 7.05 Å². The fourth-order valence-corrected chi connectivity index (χ4v) is 2.85. The number of anilines is 2. The molecule has 120 valence electrons. The Bertz CT molecular complexity index is 659. The van der Waals surface area contributed by atoms with Crippen molar-refractivity contribution in [2.45, 2.75) is 13.5 Å². The third-order valence-electron chi connectivity index (χ3n) is 3.32. The molecule has 1 aliphatic heterocycles. The average Bonchev–Trinajstić information content (AvgIpc) is 2.94. The summed E-state index contributed by atoms with van der Waals surface area (Å²) in [6.07, 6.45) is 0. The van der Waals surface area contributed by atoms with Crippen molar-refractivity contribution in [1.82, 2.24) is 0 Å². The second-order valence-corrected chi connectivity index (χ2v) is 5.65. The first-order valence-electron chi connectivity index (χ1n) is 6.41. The van der Waals surface area contributed by atoms with Crippen LogP contribution in [0.15, 0.2) is 46.6 Å². The maximum absolute atomic E-state index is 5.86. The van der Waals surface area contributed by atoms with E-state index in [0.29, 0.717) is 11.6 Å². The predicted octanol–water partition coefficient (Wildman–Crippen LogP) is 4.18. The lowest BCUT2D eigenvalue weighted by Crippen LogP contribution is -2.20. The lowest BCUT2D eigenvalue weighted by Gasteiger charge is -2.23. The molecule has 0 unspecified atom stereocenters.